The molecule has 2 N–H and O–H groups in total. The van der Waals surface area contributed by atoms with Crippen molar-refractivity contribution in [3.63, 3.8) is 0 Å². The van der Waals surface area contributed by atoms with Gasteiger partial charge in [0.2, 0.25) is 5.91 Å². The molecule has 1 aromatic heterocycles. The quantitative estimate of drug-likeness (QED) is 0.239. The number of phenolic OH excluding ortho intramolecular Hbond substituents is 1. The van der Waals surface area contributed by atoms with Gasteiger partial charge in [-0.15, -0.1) is 18.3 Å². The van der Waals surface area contributed by atoms with Gasteiger partial charge in [0.25, 0.3) is 0 Å². The van der Waals surface area contributed by atoms with Gasteiger partial charge in [0.15, 0.2) is 11.0 Å². The van der Waals surface area contributed by atoms with Crippen LogP contribution in [0.5, 0.6) is 11.5 Å². The second kappa shape index (κ2) is 11.8. The normalized spacial score (nSPS) is 14.5. The minimum absolute atomic E-state index is 0.0102. The second-order valence-electron chi connectivity index (χ2n) is 9.49. The number of ether oxygens (including phenoxy) is 1. The lowest BCUT2D eigenvalue weighted by Gasteiger charge is -2.21. The van der Waals surface area contributed by atoms with Crippen LogP contribution >= 0.6 is 11.8 Å². The van der Waals surface area contributed by atoms with E-state index >= 15 is 0 Å². The molecule has 222 valence electrons. The summed E-state index contributed by atoms with van der Waals surface area (Å²) in [6, 6.07) is 12.5. The number of urea groups is 1. The Balaban J connectivity index is 1.31. The highest BCUT2D eigenvalue weighted by Crippen LogP contribution is 2.36. The molecule has 1 aliphatic rings. The number of benzene rings is 3. The maximum Gasteiger partial charge on any atom is 0.573 e. The third-order valence-corrected chi connectivity index (χ3v) is 7.06. The first-order valence-electron chi connectivity index (χ1n) is 12.6. The van der Waals surface area contributed by atoms with Gasteiger partial charge in [-0.2, -0.15) is 4.99 Å². The number of aromatic nitrogens is 3. The van der Waals surface area contributed by atoms with Crippen molar-refractivity contribution in [3.8, 4) is 28.6 Å². The summed E-state index contributed by atoms with van der Waals surface area (Å²) >= 11 is 1.04. The molecule has 2 heterocycles. The van der Waals surface area contributed by atoms with Gasteiger partial charge in [-0.1, -0.05) is 31.7 Å². The maximum absolute atomic E-state index is 15.0. The Hall–Kier alpha value is -4.92. The second-order valence-corrected chi connectivity index (χ2v) is 10.4. The third kappa shape index (κ3) is 6.77. The molecule has 1 aliphatic heterocycles. The maximum atomic E-state index is 15.0. The summed E-state index contributed by atoms with van der Waals surface area (Å²) in [6.45, 7) is 3.85. The first kappa shape index (κ1) is 29.6. The number of carbonyl (C=O) groups excluding carboxylic acids is 2. The largest absolute Gasteiger partial charge is 0.573 e. The number of alkyl halides is 3. The summed E-state index contributed by atoms with van der Waals surface area (Å²) in [6.07, 6.45) is -3.51. The van der Waals surface area contributed by atoms with Gasteiger partial charge in [0.1, 0.15) is 23.6 Å². The number of amidine groups is 1. The number of hydrogen-bond acceptors (Lipinski definition) is 7. The van der Waals surface area contributed by atoms with Crippen LogP contribution in [0.2, 0.25) is 0 Å². The molecular formula is C28H22F4N6O4S. The number of anilines is 2. The van der Waals surface area contributed by atoms with Crippen LogP contribution in [0.25, 0.3) is 17.1 Å². The first-order valence-corrected chi connectivity index (χ1v) is 13.6. The van der Waals surface area contributed by atoms with E-state index < -0.39 is 24.0 Å². The number of hydrogen-bond donors (Lipinski definition) is 2. The van der Waals surface area contributed by atoms with Crippen molar-refractivity contribution in [1.82, 2.24) is 14.8 Å². The van der Waals surface area contributed by atoms with Gasteiger partial charge < -0.3 is 15.2 Å². The van der Waals surface area contributed by atoms with E-state index in [0.29, 0.717) is 11.4 Å². The predicted molar refractivity (Wildman–Crippen MR) is 152 cm³/mol. The van der Waals surface area contributed by atoms with Crippen molar-refractivity contribution in [1.29, 1.82) is 0 Å². The molecule has 43 heavy (non-hydrogen) atoms. The van der Waals surface area contributed by atoms with Gasteiger partial charge in [-0.3, -0.25) is 9.69 Å². The zero-order valence-electron chi connectivity index (χ0n) is 22.5. The van der Waals surface area contributed by atoms with Crippen LogP contribution in [-0.4, -0.2) is 49.1 Å². The molecule has 0 bridgehead atoms. The van der Waals surface area contributed by atoms with Crippen LogP contribution in [0, 0.1) is 5.82 Å². The molecule has 10 nitrogen and oxygen atoms in total. The molecule has 0 atom stereocenters. The zero-order valence-corrected chi connectivity index (χ0v) is 23.3. The predicted octanol–water partition coefficient (Wildman–Crippen LogP) is 6.47. The highest BCUT2D eigenvalue weighted by atomic mass is 32.2. The lowest BCUT2D eigenvalue weighted by Crippen LogP contribution is -2.31. The van der Waals surface area contributed by atoms with Crippen molar-refractivity contribution in [2.75, 3.05) is 16.0 Å². The zero-order chi connectivity index (χ0) is 30.9. The number of nitrogens with one attached hydrogen (secondary N) is 1. The van der Waals surface area contributed by atoms with Crippen LogP contribution in [-0.2, 0) is 4.79 Å². The van der Waals surface area contributed by atoms with E-state index in [2.05, 4.69) is 25.1 Å². The highest BCUT2D eigenvalue weighted by molar-refractivity contribution is 8.15. The average molecular weight is 615 g/mol. The molecule has 0 unspecified atom stereocenters. The van der Waals surface area contributed by atoms with Gasteiger partial charge in [0.05, 0.1) is 22.8 Å². The van der Waals surface area contributed by atoms with E-state index in [1.807, 2.05) is 13.8 Å². The Morgan fingerprint density at radius 3 is 2.53 bits per heavy atom. The summed E-state index contributed by atoms with van der Waals surface area (Å²) in [4.78, 5) is 34.8. The Kier molecular flexibility index (Phi) is 8.08. The number of nitrogens with zero attached hydrogens (tertiary/aromatic N) is 5. The Morgan fingerprint density at radius 1 is 1.12 bits per heavy atom. The van der Waals surface area contributed by atoms with Crippen LogP contribution in [0.3, 0.4) is 0 Å². The minimum Gasteiger partial charge on any atom is -0.508 e. The SMILES string of the molecule is CC(C)c1ccc(O)cc1N1C(=O)CSC1=NC(=O)Nc1ccc(-c2ncn(-c3ccc(OC(F)(F)F)cc3)n2)cc1F. The van der Waals surface area contributed by atoms with E-state index in [0.717, 1.165) is 35.5 Å². The summed E-state index contributed by atoms with van der Waals surface area (Å²) in [7, 11) is 0. The number of rotatable bonds is 6. The number of amides is 3. The summed E-state index contributed by atoms with van der Waals surface area (Å²) < 4.78 is 57.3. The van der Waals surface area contributed by atoms with E-state index in [9.17, 15) is 32.3 Å². The Morgan fingerprint density at radius 2 is 1.86 bits per heavy atom. The lowest BCUT2D eigenvalue weighted by atomic mass is 10.00. The summed E-state index contributed by atoms with van der Waals surface area (Å²) in [5.74, 6) is -1.41. The standard InChI is InChI=1S/C28H22F4N6O4S/c1-15(2)20-9-6-18(39)12-23(20)38-24(40)13-43-27(38)35-26(41)34-22-10-3-16(11-21(22)29)25-33-14-37(36-25)17-4-7-19(8-5-17)42-28(30,31)32/h3-12,14-15,39H,13H2,1-2H3,(H,34,41). The molecular weight excluding hydrogens is 592 g/mol. The van der Waals surface area contributed by atoms with E-state index in [4.69, 9.17) is 0 Å². The van der Waals surface area contributed by atoms with E-state index in [1.165, 1.54) is 52.3 Å². The first-order chi connectivity index (χ1) is 20.4. The molecule has 0 saturated carbocycles. The fraction of sp³-hybridized carbons (Fsp3) is 0.179. The molecule has 4 aromatic rings. The Labute approximate surface area is 246 Å². The van der Waals surface area contributed by atoms with Crippen LogP contribution in [0.1, 0.15) is 25.3 Å². The smallest absolute Gasteiger partial charge is 0.508 e. The molecule has 0 spiro atoms. The van der Waals surface area contributed by atoms with Crippen molar-refractivity contribution in [2.45, 2.75) is 26.1 Å². The van der Waals surface area contributed by atoms with Crippen molar-refractivity contribution in [3.05, 3.63) is 78.4 Å². The van der Waals surface area contributed by atoms with Gasteiger partial charge >= 0.3 is 12.4 Å². The fourth-order valence-corrected chi connectivity index (χ4v) is 5.06. The van der Waals surface area contributed by atoms with E-state index in [-0.39, 0.29) is 45.6 Å². The molecule has 3 aromatic carbocycles. The number of halogens is 4. The molecule has 1 saturated heterocycles. The molecule has 5 rings (SSSR count). The van der Waals surface area contributed by atoms with Crippen molar-refractivity contribution < 1.29 is 37.0 Å². The number of phenols is 1. The van der Waals surface area contributed by atoms with Crippen molar-refractivity contribution >= 4 is 40.2 Å². The lowest BCUT2D eigenvalue weighted by molar-refractivity contribution is -0.274. The molecule has 0 aliphatic carbocycles. The van der Waals surface area contributed by atoms with Crippen LogP contribution in [0.15, 0.2) is 72.0 Å². The van der Waals surface area contributed by atoms with E-state index in [1.54, 1.807) is 6.07 Å². The molecule has 15 heteroatoms. The average Bonchev–Trinajstić information content (AvgIpc) is 3.56. The fourth-order valence-electron chi connectivity index (χ4n) is 4.20. The summed E-state index contributed by atoms with van der Waals surface area (Å²) in [5.41, 5.74) is 1.65. The van der Waals surface area contributed by atoms with Crippen LogP contribution < -0.4 is 15.0 Å². The number of aliphatic imine (C=N–C) groups is 1. The third-order valence-electron chi connectivity index (χ3n) is 6.14. The minimum atomic E-state index is -4.82. The van der Waals surface area contributed by atoms with Gasteiger partial charge in [-0.05, 0) is 60.0 Å². The van der Waals surface area contributed by atoms with Crippen molar-refractivity contribution in [2.24, 2.45) is 4.99 Å². The molecule has 1 fully saturated rings. The van der Waals surface area contributed by atoms with Crippen LogP contribution in [0.4, 0.5) is 33.7 Å². The molecule has 0 radical (unpaired) electrons. The molecule has 3 amide bonds. The number of carbonyl (C=O) groups is 2. The Bertz CT molecular complexity index is 1720. The summed E-state index contributed by atoms with van der Waals surface area (Å²) in [5, 5.41) is 16.7. The topological polar surface area (TPSA) is 122 Å². The van der Waals surface area contributed by atoms with Gasteiger partial charge in [0, 0.05) is 11.6 Å². The highest BCUT2D eigenvalue weighted by Gasteiger charge is 2.33. The number of thioether (sulfide) groups is 1. The number of aromatic hydroxyl groups is 1. The van der Waals surface area contributed by atoms with Gasteiger partial charge in [-0.25, -0.2) is 18.9 Å². The monoisotopic (exact) mass is 614 g/mol.